The van der Waals surface area contributed by atoms with Crippen molar-refractivity contribution in [2.45, 2.75) is 45.1 Å². The Morgan fingerprint density at radius 2 is 1.47 bits per heavy atom. The summed E-state index contributed by atoms with van der Waals surface area (Å²) in [6.07, 6.45) is 7.10. The van der Waals surface area contributed by atoms with Gasteiger partial charge in [0.2, 0.25) is 11.7 Å². The molecule has 2 aliphatic rings. The summed E-state index contributed by atoms with van der Waals surface area (Å²) in [5.41, 5.74) is 1.07. The van der Waals surface area contributed by atoms with E-state index < -0.39 is 11.9 Å². The van der Waals surface area contributed by atoms with E-state index in [2.05, 4.69) is 4.90 Å². The molecule has 1 saturated heterocycles. The van der Waals surface area contributed by atoms with Crippen molar-refractivity contribution >= 4 is 17.8 Å². The molecule has 34 heavy (non-hydrogen) atoms. The minimum absolute atomic E-state index is 0.329. The number of amides is 1. The van der Waals surface area contributed by atoms with Crippen molar-refractivity contribution in [3.8, 4) is 17.2 Å². The molecular weight excluding hydrogens is 444 g/mol. The van der Waals surface area contributed by atoms with Crippen LogP contribution in [0, 0.1) is 5.92 Å². The highest BCUT2D eigenvalue weighted by atomic mass is 16.5. The van der Waals surface area contributed by atoms with Gasteiger partial charge < -0.3 is 29.3 Å². The van der Waals surface area contributed by atoms with Gasteiger partial charge in [0.25, 0.3) is 0 Å². The normalized spacial score (nSPS) is 16.4. The number of nitrogens with zero attached hydrogens (tertiary/aromatic N) is 2. The summed E-state index contributed by atoms with van der Waals surface area (Å²) in [7, 11) is 4.90. The van der Waals surface area contributed by atoms with Crippen LogP contribution >= 0.6 is 0 Å². The molecule has 0 atom stereocenters. The number of carbonyl (C=O) groups excluding carboxylic acids is 1. The Bertz CT molecular complexity index is 819. The molecule has 0 bridgehead atoms. The van der Waals surface area contributed by atoms with Crippen LogP contribution in [0.2, 0.25) is 0 Å². The van der Waals surface area contributed by atoms with Crippen molar-refractivity contribution in [2.75, 3.05) is 47.5 Å². The van der Waals surface area contributed by atoms with Crippen LogP contribution in [0.5, 0.6) is 17.2 Å². The van der Waals surface area contributed by atoms with Gasteiger partial charge in [0.15, 0.2) is 11.5 Å². The maximum absolute atomic E-state index is 12.5. The summed E-state index contributed by atoms with van der Waals surface area (Å²) >= 11 is 0. The van der Waals surface area contributed by atoms with E-state index in [9.17, 15) is 4.79 Å². The van der Waals surface area contributed by atoms with Gasteiger partial charge in [-0.3, -0.25) is 9.69 Å². The van der Waals surface area contributed by atoms with Crippen LogP contribution in [-0.2, 0) is 20.9 Å². The summed E-state index contributed by atoms with van der Waals surface area (Å²) in [6.45, 7) is 4.14. The molecule has 1 aromatic rings. The van der Waals surface area contributed by atoms with Crippen LogP contribution in [0.1, 0.15) is 44.1 Å². The average molecular weight is 481 g/mol. The molecule has 1 saturated carbocycles. The highest BCUT2D eigenvalue weighted by Gasteiger charge is 2.24. The number of methoxy groups -OCH3 is 3. The molecule has 1 heterocycles. The van der Waals surface area contributed by atoms with Crippen LogP contribution < -0.4 is 14.2 Å². The van der Waals surface area contributed by atoms with Gasteiger partial charge in [-0.1, -0.05) is 31.7 Å². The molecule has 10 heteroatoms. The van der Waals surface area contributed by atoms with Crippen LogP contribution in [0.25, 0.3) is 0 Å². The third kappa shape index (κ3) is 7.79. The molecule has 0 unspecified atom stereocenters. The van der Waals surface area contributed by atoms with Gasteiger partial charge in [0.05, 0.1) is 21.3 Å². The van der Waals surface area contributed by atoms with Crippen LogP contribution in [-0.4, -0.2) is 85.4 Å². The van der Waals surface area contributed by atoms with E-state index >= 15 is 0 Å². The molecule has 2 N–H and O–H groups in total. The molecule has 2 fully saturated rings. The van der Waals surface area contributed by atoms with Crippen molar-refractivity contribution < 1.29 is 38.8 Å². The highest BCUT2D eigenvalue weighted by molar-refractivity contribution is 6.27. The highest BCUT2D eigenvalue weighted by Crippen LogP contribution is 2.40. The smallest absolute Gasteiger partial charge is 0.414 e. The number of hydrogen-bond acceptors (Lipinski definition) is 7. The quantitative estimate of drug-likeness (QED) is 0.540. The second-order valence-corrected chi connectivity index (χ2v) is 8.45. The van der Waals surface area contributed by atoms with Gasteiger partial charge in [-0.15, -0.1) is 0 Å². The second-order valence-electron chi connectivity index (χ2n) is 8.45. The molecule has 10 nitrogen and oxygen atoms in total. The fourth-order valence-corrected chi connectivity index (χ4v) is 4.47. The molecule has 3 rings (SSSR count). The van der Waals surface area contributed by atoms with E-state index in [4.69, 9.17) is 34.0 Å². The summed E-state index contributed by atoms with van der Waals surface area (Å²) in [5, 5.41) is 14.8. The van der Waals surface area contributed by atoms with E-state index in [0.29, 0.717) is 23.8 Å². The topological polar surface area (TPSA) is 126 Å². The maximum Gasteiger partial charge on any atom is 0.414 e. The molecule has 0 aromatic heterocycles. The molecule has 1 amide bonds. The van der Waals surface area contributed by atoms with Gasteiger partial charge in [-0.25, -0.2) is 9.59 Å². The fraction of sp³-hybridized carbons (Fsp3) is 0.625. The third-order valence-corrected chi connectivity index (χ3v) is 6.33. The second kappa shape index (κ2) is 13.6. The largest absolute Gasteiger partial charge is 0.493 e. The van der Waals surface area contributed by atoms with Crippen LogP contribution in [0.15, 0.2) is 12.1 Å². The number of aliphatic carboxylic acids is 2. The van der Waals surface area contributed by atoms with E-state index in [1.807, 2.05) is 17.0 Å². The lowest BCUT2D eigenvalue weighted by Crippen LogP contribution is -2.48. The first-order valence-electron chi connectivity index (χ1n) is 11.5. The lowest BCUT2D eigenvalue weighted by molar-refractivity contribution is -0.159. The van der Waals surface area contributed by atoms with Crippen molar-refractivity contribution in [3.05, 3.63) is 17.7 Å². The standard InChI is InChI=1S/C22H34N2O4.C2H2O4/c1-26-19-10-9-18(21(27-2)22(19)28-3)16-23-12-14-24(15-13-23)20(25)11-8-17-6-4-5-7-17;3-1(4)2(5)6/h9-10,17H,4-8,11-16H2,1-3H3;(H,3,4)(H,5,6). The minimum atomic E-state index is -1.82. The zero-order valence-corrected chi connectivity index (χ0v) is 20.2. The minimum Gasteiger partial charge on any atom is -0.493 e. The fourth-order valence-electron chi connectivity index (χ4n) is 4.47. The predicted molar refractivity (Wildman–Crippen MR) is 124 cm³/mol. The molecular formula is C24H36N2O8. The lowest BCUT2D eigenvalue weighted by atomic mass is 10.0. The molecule has 1 aromatic carbocycles. The summed E-state index contributed by atoms with van der Waals surface area (Å²) in [4.78, 5) is 35.1. The number of rotatable bonds is 8. The first-order valence-corrected chi connectivity index (χ1v) is 11.5. The first-order chi connectivity index (χ1) is 16.3. The maximum atomic E-state index is 12.5. The van der Waals surface area contributed by atoms with E-state index in [1.165, 1.54) is 25.7 Å². The van der Waals surface area contributed by atoms with Gasteiger partial charge >= 0.3 is 11.9 Å². The Labute approximate surface area is 200 Å². The number of hydrogen-bond donors (Lipinski definition) is 2. The molecule has 0 radical (unpaired) electrons. The zero-order chi connectivity index (χ0) is 25.1. The Morgan fingerprint density at radius 3 is 1.97 bits per heavy atom. The summed E-state index contributed by atoms with van der Waals surface area (Å²) < 4.78 is 16.4. The molecule has 1 aliphatic carbocycles. The SMILES string of the molecule is COc1ccc(CN2CCN(C(=O)CCC3CCCC3)CC2)c(OC)c1OC.O=C(O)C(=O)O. The average Bonchev–Trinajstić information content (AvgIpc) is 3.36. The summed E-state index contributed by atoms with van der Waals surface area (Å²) in [6, 6.07) is 3.94. The van der Waals surface area contributed by atoms with Crippen molar-refractivity contribution in [3.63, 3.8) is 0 Å². The third-order valence-electron chi connectivity index (χ3n) is 6.33. The van der Waals surface area contributed by atoms with Crippen molar-refractivity contribution in [1.82, 2.24) is 9.80 Å². The molecule has 0 spiro atoms. The lowest BCUT2D eigenvalue weighted by Gasteiger charge is -2.35. The number of carboxylic acids is 2. The number of carboxylic acid groups (broad SMARTS) is 2. The van der Waals surface area contributed by atoms with Crippen LogP contribution in [0.3, 0.4) is 0 Å². The number of carbonyl (C=O) groups is 3. The molecule has 190 valence electrons. The van der Waals surface area contributed by atoms with Crippen molar-refractivity contribution in [1.29, 1.82) is 0 Å². The van der Waals surface area contributed by atoms with Gasteiger partial charge in [-0.2, -0.15) is 0 Å². The number of ether oxygens (including phenoxy) is 3. The molecule has 1 aliphatic heterocycles. The van der Waals surface area contributed by atoms with Crippen LogP contribution in [0.4, 0.5) is 0 Å². The predicted octanol–water partition coefficient (Wildman–Crippen LogP) is 2.48. The van der Waals surface area contributed by atoms with Crippen molar-refractivity contribution in [2.24, 2.45) is 5.92 Å². The summed E-state index contributed by atoms with van der Waals surface area (Å²) in [5.74, 6) is -0.524. The van der Waals surface area contributed by atoms with E-state index in [1.54, 1.807) is 21.3 Å². The Kier molecular flexibility index (Phi) is 10.9. The zero-order valence-electron chi connectivity index (χ0n) is 20.2. The van der Waals surface area contributed by atoms with E-state index in [0.717, 1.165) is 56.4 Å². The number of piperazine rings is 1. The first kappa shape index (κ1) is 27.2. The Hall–Kier alpha value is -3.01. The van der Waals surface area contributed by atoms with Gasteiger partial charge in [0, 0.05) is 44.7 Å². The Balaban J connectivity index is 0.000000604. The van der Waals surface area contributed by atoms with Gasteiger partial charge in [-0.05, 0) is 18.4 Å². The van der Waals surface area contributed by atoms with Gasteiger partial charge in [0.1, 0.15) is 0 Å². The Morgan fingerprint density at radius 1 is 0.882 bits per heavy atom. The number of benzene rings is 1. The van der Waals surface area contributed by atoms with E-state index in [-0.39, 0.29) is 0 Å². The monoisotopic (exact) mass is 480 g/mol.